The van der Waals surface area contributed by atoms with Crippen LogP contribution in [0.2, 0.25) is 0 Å². The molecular weight excluding hydrogens is 124 g/mol. The van der Waals surface area contributed by atoms with Gasteiger partial charge in [0.05, 0.1) is 6.42 Å². The standard InChI is InChI=1S/C9H7O/c1-2-3-8-4-6-9(10)7-5-8/h1,3-7,10H. The third-order valence-electron chi connectivity index (χ3n) is 1.14. The SMILES string of the molecule is C#C[CH]c1ccc(O)cc1. The molecule has 0 aliphatic heterocycles. The van der Waals surface area contributed by atoms with E-state index in [4.69, 9.17) is 11.5 Å². The fraction of sp³-hybridized carbons (Fsp3) is 0. The maximum absolute atomic E-state index is 8.86. The Balaban J connectivity index is 2.81. The number of terminal acetylenes is 1. The van der Waals surface area contributed by atoms with Crippen molar-refractivity contribution in [2.45, 2.75) is 0 Å². The first-order chi connectivity index (χ1) is 4.83. The average Bonchev–Trinajstić information content (AvgIpc) is 1.95. The van der Waals surface area contributed by atoms with E-state index in [1.165, 1.54) is 0 Å². The monoisotopic (exact) mass is 131 g/mol. The van der Waals surface area contributed by atoms with Crippen molar-refractivity contribution >= 4 is 0 Å². The van der Waals surface area contributed by atoms with E-state index in [1.54, 1.807) is 30.7 Å². The third-order valence-corrected chi connectivity index (χ3v) is 1.14. The Kier molecular flexibility index (Phi) is 1.96. The average molecular weight is 131 g/mol. The minimum atomic E-state index is 0.258. The zero-order valence-corrected chi connectivity index (χ0v) is 5.41. The summed E-state index contributed by atoms with van der Waals surface area (Å²) >= 11 is 0. The van der Waals surface area contributed by atoms with E-state index in [-0.39, 0.29) is 5.75 Å². The molecule has 1 N–H and O–H groups in total. The maximum Gasteiger partial charge on any atom is 0.115 e. The fourth-order valence-corrected chi connectivity index (χ4v) is 0.667. The second-order valence-electron chi connectivity index (χ2n) is 1.90. The van der Waals surface area contributed by atoms with E-state index in [1.807, 2.05) is 0 Å². The molecule has 1 heteroatoms. The van der Waals surface area contributed by atoms with E-state index in [0.717, 1.165) is 5.56 Å². The van der Waals surface area contributed by atoms with Gasteiger partial charge in [0, 0.05) is 0 Å². The first kappa shape index (κ1) is 6.70. The zero-order valence-electron chi connectivity index (χ0n) is 5.41. The predicted molar refractivity (Wildman–Crippen MR) is 40.3 cm³/mol. The summed E-state index contributed by atoms with van der Waals surface area (Å²) in [6.45, 7) is 0. The molecule has 0 saturated heterocycles. The molecule has 1 aromatic carbocycles. The molecule has 1 rings (SSSR count). The Hall–Kier alpha value is -1.42. The number of hydrogen-bond acceptors (Lipinski definition) is 1. The van der Waals surface area contributed by atoms with Gasteiger partial charge in [0.2, 0.25) is 0 Å². The lowest BCUT2D eigenvalue weighted by atomic mass is 10.1. The van der Waals surface area contributed by atoms with Crippen molar-refractivity contribution in [3.63, 3.8) is 0 Å². The molecule has 1 radical (unpaired) electrons. The van der Waals surface area contributed by atoms with Gasteiger partial charge in [-0.05, 0) is 17.7 Å². The highest BCUT2D eigenvalue weighted by atomic mass is 16.3. The topological polar surface area (TPSA) is 20.2 Å². The van der Waals surface area contributed by atoms with Gasteiger partial charge in [-0.25, -0.2) is 0 Å². The van der Waals surface area contributed by atoms with Gasteiger partial charge in [-0.3, -0.25) is 0 Å². The van der Waals surface area contributed by atoms with Crippen molar-refractivity contribution in [3.8, 4) is 18.1 Å². The van der Waals surface area contributed by atoms with Crippen LogP contribution in [0, 0.1) is 18.8 Å². The van der Waals surface area contributed by atoms with Gasteiger partial charge in [0.25, 0.3) is 0 Å². The molecule has 0 amide bonds. The lowest BCUT2D eigenvalue weighted by Crippen LogP contribution is -1.75. The van der Waals surface area contributed by atoms with Gasteiger partial charge in [-0.15, -0.1) is 6.42 Å². The van der Waals surface area contributed by atoms with Crippen molar-refractivity contribution < 1.29 is 5.11 Å². The summed E-state index contributed by atoms with van der Waals surface area (Å²) in [7, 11) is 0. The van der Waals surface area contributed by atoms with Crippen molar-refractivity contribution in [1.82, 2.24) is 0 Å². The molecule has 0 aliphatic rings. The zero-order chi connectivity index (χ0) is 7.40. The molecule has 0 heterocycles. The summed E-state index contributed by atoms with van der Waals surface area (Å²) in [5.74, 6) is 2.66. The highest BCUT2D eigenvalue weighted by Crippen LogP contribution is 2.10. The summed E-state index contributed by atoms with van der Waals surface area (Å²) in [6, 6.07) is 6.72. The number of aromatic hydroxyl groups is 1. The van der Waals surface area contributed by atoms with Crippen LogP contribution in [0.5, 0.6) is 5.75 Å². The van der Waals surface area contributed by atoms with E-state index >= 15 is 0 Å². The largest absolute Gasteiger partial charge is 0.508 e. The number of rotatable bonds is 1. The lowest BCUT2D eigenvalue weighted by Gasteiger charge is -1.93. The summed E-state index contributed by atoms with van der Waals surface area (Å²) < 4.78 is 0. The molecule has 10 heavy (non-hydrogen) atoms. The van der Waals surface area contributed by atoms with Crippen LogP contribution in [0.4, 0.5) is 0 Å². The number of hydrogen-bond donors (Lipinski definition) is 1. The van der Waals surface area contributed by atoms with Gasteiger partial charge in [0.15, 0.2) is 0 Å². The van der Waals surface area contributed by atoms with Crippen LogP contribution in [-0.2, 0) is 0 Å². The van der Waals surface area contributed by atoms with Crippen molar-refractivity contribution in [3.05, 3.63) is 36.2 Å². The van der Waals surface area contributed by atoms with Crippen LogP contribution in [0.15, 0.2) is 24.3 Å². The first-order valence-corrected chi connectivity index (χ1v) is 2.91. The van der Waals surface area contributed by atoms with E-state index in [0.29, 0.717) is 0 Å². The van der Waals surface area contributed by atoms with E-state index in [9.17, 15) is 0 Å². The van der Waals surface area contributed by atoms with Crippen molar-refractivity contribution in [2.24, 2.45) is 0 Å². The summed E-state index contributed by atoms with van der Waals surface area (Å²) in [4.78, 5) is 0. The normalized spacial score (nSPS) is 8.70. The Morgan fingerprint density at radius 2 is 1.90 bits per heavy atom. The smallest absolute Gasteiger partial charge is 0.115 e. The van der Waals surface area contributed by atoms with Crippen molar-refractivity contribution in [1.29, 1.82) is 0 Å². The molecule has 1 nitrogen and oxygen atoms in total. The second kappa shape index (κ2) is 2.93. The molecule has 0 bridgehead atoms. The molecule has 0 unspecified atom stereocenters. The minimum absolute atomic E-state index is 0.258. The summed E-state index contributed by atoms with van der Waals surface area (Å²) in [5.41, 5.74) is 0.931. The van der Waals surface area contributed by atoms with Crippen LogP contribution >= 0.6 is 0 Å². The number of phenols is 1. The highest BCUT2D eigenvalue weighted by molar-refractivity contribution is 5.34. The molecule has 0 aliphatic carbocycles. The lowest BCUT2D eigenvalue weighted by molar-refractivity contribution is 0.475. The van der Waals surface area contributed by atoms with Crippen molar-refractivity contribution in [2.75, 3.05) is 0 Å². The third kappa shape index (κ3) is 1.53. The highest BCUT2D eigenvalue weighted by Gasteiger charge is 1.88. The molecule has 0 saturated carbocycles. The van der Waals surface area contributed by atoms with E-state index < -0.39 is 0 Å². The van der Waals surface area contributed by atoms with Gasteiger partial charge in [-0.2, -0.15) is 0 Å². The molecular formula is C9H7O. The van der Waals surface area contributed by atoms with E-state index in [2.05, 4.69) is 5.92 Å². The summed E-state index contributed by atoms with van der Waals surface area (Å²) in [6.07, 6.45) is 6.67. The quantitative estimate of drug-likeness (QED) is 0.573. The second-order valence-corrected chi connectivity index (χ2v) is 1.90. The number of phenolic OH excluding ortho intramolecular Hbond substituents is 1. The Bertz CT molecular complexity index is 240. The maximum atomic E-state index is 8.86. The fourth-order valence-electron chi connectivity index (χ4n) is 0.667. The molecule has 1 aromatic rings. The molecule has 0 aromatic heterocycles. The van der Waals surface area contributed by atoms with Gasteiger partial charge >= 0.3 is 0 Å². The number of benzene rings is 1. The first-order valence-electron chi connectivity index (χ1n) is 2.91. The minimum Gasteiger partial charge on any atom is -0.508 e. The van der Waals surface area contributed by atoms with Crippen LogP contribution in [0.1, 0.15) is 5.56 Å². The molecule has 49 valence electrons. The Morgan fingerprint density at radius 1 is 1.30 bits per heavy atom. The van der Waals surface area contributed by atoms with Crippen LogP contribution in [-0.4, -0.2) is 5.11 Å². The van der Waals surface area contributed by atoms with Crippen LogP contribution < -0.4 is 0 Å². The van der Waals surface area contributed by atoms with Crippen LogP contribution in [0.3, 0.4) is 0 Å². The summed E-state index contributed by atoms with van der Waals surface area (Å²) in [5, 5.41) is 8.86. The Labute approximate surface area is 60.3 Å². The van der Waals surface area contributed by atoms with Gasteiger partial charge < -0.3 is 5.11 Å². The predicted octanol–water partition coefficient (Wildman–Crippen LogP) is 1.58. The molecule has 0 atom stereocenters. The molecule has 0 fully saturated rings. The molecule has 0 spiro atoms. The van der Waals surface area contributed by atoms with Gasteiger partial charge in [0.1, 0.15) is 5.75 Å². The Morgan fingerprint density at radius 3 is 2.40 bits per heavy atom. The van der Waals surface area contributed by atoms with Gasteiger partial charge in [-0.1, -0.05) is 18.1 Å². The van der Waals surface area contributed by atoms with Crippen LogP contribution in [0.25, 0.3) is 0 Å².